The van der Waals surface area contributed by atoms with Crippen LogP contribution in [0.15, 0.2) is 54.2 Å². The molecular formula is C26H32ClN5O. The molecule has 7 heteroatoms. The number of hydrogen-bond acceptors (Lipinski definition) is 5. The second-order valence-electron chi connectivity index (χ2n) is 8.69. The van der Waals surface area contributed by atoms with Gasteiger partial charge in [0.05, 0.1) is 11.7 Å². The lowest BCUT2D eigenvalue weighted by Gasteiger charge is -2.27. The average Bonchev–Trinajstić information content (AvgIpc) is 2.96. The summed E-state index contributed by atoms with van der Waals surface area (Å²) in [5.74, 6) is 6.61. The molecule has 2 heterocycles. The maximum Gasteiger partial charge on any atom is 0.222 e. The van der Waals surface area contributed by atoms with Crippen molar-refractivity contribution >= 4 is 34.5 Å². The molecule has 2 aliphatic heterocycles. The van der Waals surface area contributed by atoms with Gasteiger partial charge in [0.15, 0.2) is 0 Å². The Balaban J connectivity index is 1.72. The number of anilines is 1. The Bertz CT molecular complexity index is 1090. The third-order valence-corrected chi connectivity index (χ3v) is 6.67. The molecule has 2 aromatic rings. The average molecular weight is 466 g/mol. The summed E-state index contributed by atoms with van der Waals surface area (Å²) in [4.78, 5) is 14.0. The predicted octanol–water partition coefficient (Wildman–Crippen LogP) is 4.75. The highest BCUT2D eigenvalue weighted by Crippen LogP contribution is 2.37. The van der Waals surface area contributed by atoms with E-state index in [2.05, 4.69) is 29.6 Å². The molecule has 0 radical (unpaired) electrons. The van der Waals surface area contributed by atoms with Crippen molar-refractivity contribution in [1.29, 1.82) is 0 Å². The van der Waals surface area contributed by atoms with Gasteiger partial charge < -0.3 is 21.0 Å². The fraction of sp³-hybridized carbons (Fsp3) is 0.346. The van der Waals surface area contributed by atoms with Crippen molar-refractivity contribution in [2.24, 2.45) is 11.6 Å². The Labute approximate surface area is 200 Å². The molecule has 0 saturated carbocycles. The van der Waals surface area contributed by atoms with Gasteiger partial charge in [0.1, 0.15) is 0 Å². The molecular weight excluding hydrogens is 434 g/mol. The van der Waals surface area contributed by atoms with E-state index in [1.165, 1.54) is 16.7 Å². The Morgan fingerprint density at radius 1 is 1.18 bits per heavy atom. The van der Waals surface area contributed by atoms with Gasteiger partial charge in [0, 0.05) is 48.0 Å². The first kappa shape index (κ1) is 23.2. The molecule has 2 aliphatic rings. The van der Waals surface area contributed by atoms with E-state index in [0.717, 1.165) is 36.3 Å². The fourth-order valence-electron chi connectivity index (χ4n) is 4.67. The van der Waals surface area contributed by atoms with Crippen molar-refractivity contribution in [2.45, 2.75) is 39.2 Å². The van der Waals surface area contributed by atoms with Gasteiger partial charge in [-0.05, 0) is 66.8 Å². The zero-order valence-corrected chi connectivity index (χ0v) is 20.0. The van der Waals surface area contributed by atoms with Crippen LogP contribution in [0.2, 0.25) is 5.02 Å². The normalized spacial score (nSPS) is 20.0. The van der Waals surface area contributed by atoms with Crippen LogP contribution < -0.4 is 16.9 Å². The van der Waals surface area contributed by atoms with Crippen LogP contribution in [0.25, 0.3) is 11.3 Å². The second-order valence-corrected chi connectivity index (χ2v) is 9.13. The van der Waals surface area contributed by atoms with Crippen molar-refractivity contribution in [3.8, 4) is 0 Å². The van der Waals surface area contributed by atoms with Crippen molar-refractivity contribution in [3.05, 3.63) is 76.0 Å². The van der Waals surface area contributed by atoms with Crippen LogP contribution in [0.4, 0.5) is 5.69 Å². The molecule has 1 amide bonds. The molecule has 33 heavy (non-hydrogen) atoms. The lowest BCUT2D eigenvalue weighted by molar-refractivity contribution is -0.130. The third-order valence-electron chi connectivity index (χ3n) is 6.42. The summed E-state index contributed by atoms with van der Waals surface area (Å²) in [5, 5.41) is 6.13. The molecule has 174 valence electrons. The molecule has 0 fully saturated rings. The van der Waals surface area contributed by atoms with Crippen LogP contribution in [0.1, 0.15) is 55.8 Å². The fourth-order valence-corrected chi connectivity index (χ4v) is 4.80. The summed E-state index contributed by atoms with van der Waals surface area (Å²) in [6, 6.07) is 14.3. The highest BCUT2D eigenvalue weighted by molar-refractivity contribution is 6.30. The minimum atomic E-state index is 0.0615. The maximum atomic E-state index is 12.1. The smallest absolute Gasteiger partial charge is 0.222 e. The number of hydrazine groups is 1. The van der Waals surface area contributed by atoms with E-state index in [4.69, 9.17) is 23.2 Å². The summed E-state index contributed by atoms with van der Waals surface area (Å²) in [6.45, 7) is 5.90. The molecule has 2 aromatic carbocycles. The van der Waals surface area contributed by atoms with E-state index in [-0.39, 0.29) is 11.9 Å². The minimum absolute atomic E-state index is 0.0615. The lowest BCUT2D eigenvalue weighted by Crippen LogP contribution is -2.34. The molecule has 0 bridgehead atoms. The summed E-state index contributed by atoms with van der Waals surface area (Å²) >= 11 is 6.08. The minimum Gasteiger partial charge on any atom is -0.401 e. The number of nitrogens with two attached hydrogens (primary N) is 2. The number of carbonyl (C=O) groups excluding carboxylic acids is 1. The van der Waals surface area contributed by atoms with Crippen molar-refractivity contribution < 1.29 is 4.79 Å². The van der Waals surface area contributed by atoms with Crippen molar-refractivity contribution in [1.82, 2.24) is 9.91 Å². The van der Waals surface area contributed by atoms with Gasteiger partial charge in [-0.15, -0.1) is 0 Å². The van der Waals surface area contributed by atoms with E-state index in [1.54, 1.807) is 5.01 Å². The first-order valence-corrected chi connectivity index (χ1v) is 11.9. The zero-order valence-electron chi connectivity index (χ0n) is 19.3. The van der Waals surface area contributed by atoms with E-state index in [1.807, 2.05) is 43.0 Å². The number of amides is 1. The number of allylic oxidation sites excluding steroid dienone is 1. The molecule has 0 saturated heterocycles. The van der Waals surface area contributed by atoms with Crippen LogP contribution in [0, 0.1) is 0 Å². The van der Waals surface area contributed by atoms with Crippen LogP contribution >= 0.6 is 11.6 Å². The lowest BCUT2D eigenvalue weighted by atomic mass is 9.90. The molecule has 1 unspecified atom stereocenters. The molecule has 0 aliphatic carbocycles. The van der Waals surface area contributed by atoms with E-state index < -0.39 is 0 Å². The second kappa shape index (κ2) is 9.89. The van der Waals surface area contributed by atoms with Gasteiger partial charge in [-0.25, -0.2) is 5.84 Å². The standard InChI is InChI=1S/C26H32ClN5O/c1-3-25(33)31-13-10-18(11-14-31)19-4-9-22-23(16-19)24(12-15-32(29)26(22)17(2)28)30-21-7-5-20(27)6-8-21/h4-10,16,24,30H,3,11-15,28-29H2,1-2H3/b26-17-. The SMILES string of the molecule is CCC(=O)N1CC=C(c2ccc3c(c2)C(Nc2ccc(Cl)cc2)CCN(N)/C3=C(/C)N)CC1. The summed E-state index contributed by atoms with van der Waals surface area (Å²) < 4.78 is 0. The monoisotopic (exact) mass is 465 g/mol. The number of nitrogens with one attached hydrogen (secondary N) is 1. The number of benzene rings is 2. The van der Waals surface area contributed by atoms with Crippen LogP contribution in [-0.4, -0.2) is 35.5 Å². The van der Waals surface area contributed by atoms with Crippen molar-refractivity contribution in [3.63, 3.8) is 0 Å². The summed E-state index contributed by atoms with van der Waals surface area (Å²) in [6.07, 6.45) is 4.39. The van der Waals surface area contributed by atoms with E-state index >= 15 is 0 Å². The topological polar surface area (TPSA) is 87.6 Å². The Hall–Kier alpha value is -2.96. The highest BCUT2D eigenvalue weighted by atomic mass is 35.5. The first-order valence-electron chi connectivity index (χ1n) is 11.5. The molecule has 0 aromatic heterocycles. The van der Waals surface area contributed by atoms with Crippen LogP contribution in [0.3, 0.4) is 0 Å². The number of halogens is 1. The molecule has 6 nitrogen and oxygen atoms in total. The predicted molar refractivity (Wildman–Crippen MR) is 136 cm³/mol. The number of rotatable bonds is 4. The Morgan fingerprint density at radius 2 is 1.94 bits per heavy atom. The number of carbonyl (C=O) groups is 1. The van der Waals surface area contributed by atoms with E-state index in [0.29, 0.717) is 30.2 Å². The van der Waals surface area contributed by atoms with Crippen molar-refractivity contribution in [2.75, 3.05) is 25.0 Å². The van der Waals surface area contributed by atoms with E-state index in [9.17, 15) is 4.79 Å². The van der Waals surface area contributed by atoms with Gasteiger partial charge in [0.25, 0.3) is 0 Å². The molecule has 4 rings (SSSR count). The van der Waals surface area contributed by atoms with Crippen LogP contribution in [-0.2, 0) is 4.79 Å². The Kier molecular flexibility index (Phi) is 6.96. The van der Waals surface area contributed by atoms with Gasteiger partial charge in [-0.3, -0.25) is 4.79 Å². The molecule has 5 N–H and O–H groups in total. The first-order chi connectivity index (χ1) is 15.9. The maximum absolute atomic E-state index is 12.1. The van der Waals surface area contributed by atoms with Gasteiger partial charge in [0.2, 0.25) is 5.91 Å². The van der Waals surface area contributed by atoms with Gasteiger partial charge in [-0.2, -0.15) is 0 Å². The highest BCUT2D eigenvalue weighted by Gasteiger charge is 2.27. The molecule has 0 spiro atoms. The third kappa shape index (κ3) is 5.02. The van der Waals surface area contributed by atoms with Crippen LogP contribution in [0.5, 0.6) is 0 Å². The number of nitrogens with zero attached hydrogens (tertiary/aromatic N) is 2. The number of hydrogen-bond donors (Lipinski definition) is 3. The zero-order chi connectivity index (χ0) is 23.5. The van der Waals surface area contributed by atoms with Gasteiger partial charge in [-0.1, -0.05) is 36.7 Å². The summed E-state index contributed by atoms with van der Waals surface area (Å²) in [7, 11) is 0. The Morgan fingerprint density at radius 3 is 2.58 bits per heavy atom. The number of fused-ring (bicyclic) bond motifs is 1. The summed E-state index contributed by atoms with van der Waals surface area (Å²) in [5.41, 5.74) is 13.5. The largest absolute Gasteiger partial charge is 0.401 e. The molecule has 1 atom stereocenters. The van der Waals surface area contributed by atoms with Gasteiger partial charge >= 0.3 is 0 Å². The quantitative estimate of drug-likeness (QED) is 0.567.